The van der Waals surface area contributed by atoms with Crippen LogP contribution in [-0.4, -0.2) is 12.3 Å². The van der Waals surface area contributed by atoms with Crippen LogP contribution in [0.4, 0.5) is 0 Å². The number of carbonyl (C=O) groups excluding carboxylic acids is 1. The summed E-state index contributed by atoms with van der Waals surface area (Å²) in [6.45, 7) is 13.3. The molecule has 0 aromatic carbocycles. The Labute approximate surface area is 94.6 Å². The molecule has 0 aromatic rings. The van der Waals surface area contributed by atoms with Crippen molar-refractivity contribution in [3.05, 3.63) is 0 Å². The molecular weight excluding hydrogens is 186 g/mol. The molecule has 0 rings (SSSR count). The first kappa shape index (κ1) is 14.6. The number of rotatable bonds is 5. The van der Waals surface area contributed by atoms with Gasteiger partial charge < -0.3 is 5.73 Å². The predicted molar refractivity (Wildman–Crippen MR) is 65.7 cm³/mol. The van der Waals surface area contributed by atoms with Gasteiger partial charge in [0.2, 0.25) is 0 Å². The molecule has 1 atom stereocenters. The van der Waals surface area contributed by atoms with Crippen LogP contribution in [-0.2, 0) is 4.79 Å². The molecule has 0 bridgehead atoms. The van der Waals surface area contributed by atoms with Crippen molar-refractivity contribution in [3.8, 4) is 0 Å². The lowest BCUT2D eigenvalue weighted by atomic mass is 9.67. The topological polar surface area (TPSA) is 43.1 Å². The Balaban J connectivity index is 4.73. The molecule has 0 aliphatic rings. The van der Waals surface area contributed by atoms with Crippen LogP contribution >= 0.6 is 0 Å². The van der Waals surface area contributed by atoms with Crippen molar-refractivity contribution in [2.75, 3.05) is 6.54 Å². The van der Waals surface area contributed by atoms with Crippen LogP contribution in [0.2, 0.25) is 0 Å². The third-order valence-electron chi connectivity index (χ3n) is 2.90. The molecule has 2 nitrogen and oxygen atoms in total. The van der Waals surface area contributed by atoms with Gasteiger partial charge >= 0.3 is 0 Å². The van der Waals surface area contributed by atoms with Gasteiger partial charge in [-0.3, -0.25) is 4.79 Å². The minimum atomic E-state index is 0.0000926. The van der Waals surface area contributed by atoms with Crippen molar-refractivity contribution >= 4 is 5.78 Å². The zero-order valence-electron chi connectivity index (χ0n) is 11.2. The SMILES string of the molecule is CCC(=O)C(CN)C(C)(C)CC(C)(C)C. The van der Waals surface area contributed by atoms with E-state index in [0.29, 0.717) is 18.7 Å². The molecule has 2 heteroatoms. The number of hydrogen-bond acceptors (Lipinski definition) is 2. The maximum Gasteiger partial charge on any atom is 0.137 e. The predicted octanol–water partition coefficient (Wildman–Crippen LogP) is 3.00. The van der Waals surface area contributed by atoms with Crippen molar-refractivity contribution in [1.29, 1.82) is 0 Å². The van der Waals surface area contributed by atoms with Crippen molar-refractivity contribution < 1.29 is 4.79 Å². The fraction of sp³-hybridized carbons (Fsp3) is 0.923. The van der Waals surface area contributed by atoms with E-state index >= 15 is 0 Å². The van der Waals surface area contributed by atoms with Crippen molar-refractivity contribution in [3.63, 3.8) is 0 Å². The van der Waals surface area contributed by atoms with E-state index in [-0.39, 0.29) is 16.7 Å². The smallest absolute Gasteiger partial charge is 0.137 e. The quantitative estimate of drug-likeness (QED) is 0.763. The van der Waals surface area contributed by atoms with E-state index < -0.39 is 0 Å². The Morgan fingerprint density at radius 2 is 1.67 bits per heavy atom. The summed E-state index contributed by atoms with van der Waals surface area (Å²) in [5.41, 5.74) is 5.97. The summed E-state index contributed by atoms with van der Waals surface area (Å²) in [6.07, 6.45) is 1.61. The molecule has 0 aromatic heterocycles. The third-order valence-corrected chi connectivity index (χ3v) is 2.90. The second kappa shape index (κ2) is 5.11. The highest BCUT2D eigenvalue weighted by molar-refractivity contribution is 5.81. The highest BCUT2D eigenvalue weighted by Crippen LogP contribution is 2.39. The van der Waals surface area contributed by atoms with E-state index in [1.807, 2.05) is 6.92 Å². The molecule has 0 fully saturated rings. The molecular formula is C13H27NO. The van der Waals surface area contributed by atoms with Crippen LogP contribution in [0.5, 0.6) is 0 Å². The maximum atomic E-state index is 11.8. The van der Waals surface area contributed by atoms with Gasteiger partial charge in [-0.25, -0.2) is 0 Å². The highest BCUT2D eigenvalue weighted by atomic mass is 16.1. The summed E-state index contributed by atoms with van der Waals surface area (Å²) < 4.78 is 0. The zero-order valence-corrected chi connectivity index (χ0v) is 11.2. The van der Waals surface area contributed by atoms with Crippen LogP contribution in [0, 0.1) is 16.7 Å². The molecule has 0 radical (unpaired) electrons. The second-order valence-electron chi connectivity index (χ2n) is 6.33. The molecule has 15 heavy (non-hydrogen) atoms. The summed E-state index contributed by atoms with van der Waals surface area (Å²) in [4.78, 5) is 11.8. The first-order valence-electron chi connectivity index (χ1n) is 5.87. The summed E-state index contributed by atoms with van der Waals surface area (Å²) in [5.74, 6) is 0.300. The summed E-state index contributed by atoms with van der Waals surface area (Å²) in [7, 11) is 0. The van der Waals surface area contributed by atoms with Gasteiger partial charge in [0, 0.05) is 18.9 Å². The zero-order chi connectivity index (χ0) is 12.3. The monoisotopic (exact) mass is 213 g/mol. The van der Waals surface area contributed by atoms with Crippen molar-refractivity contribution in [2.45, 2.75) is 54.4 Å². The van der Waals surface area contributed by atoms with Gasteiger partial charge in [0.1, 0.15) is 5.78 Å². The Bertz CT molecular complexity index is 213. The van der Waals surface area contributed by atoms with Gasteiger partial charge in [-0.2, -0.15) is 0 Å². The molecule has 1 unspecified atom stereocenters. The van der Waals surface area contributed by atoms with Gasteiger partial charge in [-0.05, 0) is 17.3 Å². The molecule has 0 amide bonds. The molecule has 0 heterocycles. The maximum absolute atomic E-state index is 11.8. The lowest BCUT2D eigenvalue weighted by Gasteiger charge is -2.37. The van der Waals surface area contributed by atoms with Gasteiger partial charge in [0.15, 0.2) is 0 Å². The number of hydrogen-bond donors (Lipinski definition) is 1. The molecule has 0 saturated carbocycles. The summed E-state index contributed by atoms with van der Waals surface area (Å²) in [5, 5.41) is 0. The van der Waals surface area contributed by atoms with Gasteiger partial charge in [0.05, 0.1) is 0 Å². The van der Waals surface area contributed by atoms with Crippen LogP contribution in [0.1, 0.15) is 54.4 Å². The molecule has 0 aliphatic heterocycles. The Morgan fingerprint density at radius 1 is 1.20 bits per heavy atom. The van der Waals surface area contributed by atoms with Crippen molar-refractivity contribution in [1.82, 2.24) is 0 Å². The average molecular weight is 213 g/mol. The summed E-state index contributed by atoms with van der Waals surface area (Å²) >= 11 is 0. The van der Waals surface area contributed by atoms with Crippen LogP contribution in [0.25, 0.3) is 0 Å². The number of Topliss-reactive ketones (excluding diaryl/α,β-unsaturated/α-hetero) is 1. The first-order chi connectivity index (χ1) is 6.64. The molecule has 0 saturated heterocycles. The average Bonchev–Trinajstić information content (AvgIpc) is 1.99. The minimum Gasteiger partial charge on any atom is -0.330 e. The normalized spacial score (nSPS) is 15.1. The van der Waals surface area contributed by atoms with Gasteiger partial charge in [-0.1, -0.05) is 41.5 Å². The lowest BCUT2D eigenvalue weighted by molar-refractivity contribution is -0.126. The van der Waals surface area contributed by atoms with E-state index in [0.717, 1.165) is 6.42 Å². The van der Waals surface area contributed by atoms with Gasteiger partial charge in [0.25, 0.3) is 0 Å². The van der Waals surface area contributed by atoms with E-state index in [1.54, 1.807) is 0 Å². The van der Waals surface area contributed by atoms with Crippen LogP contribution in [0.3, 0.4) is 0 Å². The Hall–Kier alpha value is -0.370. The number of nitrogens with two attached hydrogens (primary N) is 1. The molecule has 0 spiro atoms. The molecule has 90 valence electrons. The first-order valence-corrected chi connectivity index (χ1v) is 5.87. The fourth-order valence-corrected chi connectivity index (χ4v) is 2.62. The molecule has 0 aliphatic carbocycles. The Morgan fingerprint density at radius 3 is 1.93 bits per heavy atom. The summed E-state index contributed by atoms with van der Waals surface area (Å²) in [6, 6.07) is 0. The second-order valence-corrected chi connectivity index (χ2v) is 6.33. The van der Waals surface area contributed by atoms with E-state index in [2.05, 4.69) is 34.6 Å². The standard InChI is InChI=1S/C13H27NO/c1-7-11(15)10(8-14)13(5,6)9-12(2,3)4/h10H,7-9,14H2,1-6H3. The van der Waals surface area contributed by atoms with E-state index in [1.165, 1.54) is 0 Å². The Kier molecular flexibility index (Phi) is 4.98. The van der Waals surface area contributed by atoms with E-state index in [4.69, 9.17) is 5.73 Å². The van der Waals surface area contributed by atoms with Crippen LogP contribution < -0.4 is 5.73 Å². The molecule has 2 N–H and O–H groups in total. The number of ketones is 1. The van der Waals surface area contributed by atoms with E-state index in [9.17, 15) is 4.79 Å². The fourth-order valence-electron chi connectivity index (χ4n) is 2.62. The largest absolute Gasteiger partial charge is 0.330 e. The number of carbonyl (C=O) groups is 1. The lowest BCUT2D eigenvalue weighted by Crippen LogP contribution is -2.39. The third kappa shape index (κ3) is 4.78. The van der Waals surface area contributed by atoms with Crippen molar-refractivity contribution in [2.24, 2.45) is 22.5 Å². The highest BCUT2D eigenvalue weighted by Gasteiger charge is 2.35. The van der Waals surface area contributed by atoms with Crippen LogP contribution in [0.15, 0.2) is 0 Å². The minimum absolute atomic E-state index is 0.0000926. The van der Waals surface area contributed by atoms with Gasteiger partial charge in [-0.15, -0.1) is 0 Å².